The van der Waals surface area contributed by atoms with Gasteiger partial charge in [0.25, 0.3) is 5.91 Å². The molecule has 1 saturated heterocycles. The van der Waals surface area contributed by atoms with E-state index in [1.807, 2.05) is 24.5 Å². The highest BCUT2D eigenvalue weighted by atomic mass is 16.7. The summed E-state index contributed by atoms with van der Waals surface area (Å²) in [6, 6.07) is 9.51. The number of aromatic nitrogens is 1. The number of ether oxygens (including phenoxy) is 2. The summed E-state index contributed by atoms with van der Waals surface area (Å²) in [7, 11) is 4.14. The molecule has 0 aliphatic carbocycles. The molecule has 2 aliphatic rings. The number of rotatable bonds is 6. The highest BCUT2D eigenvalue weighted by Gasteiger charge is 2.34. The molecule has 2 atom stereocenters. The summed E-state index contributed by atoms with van der Waals surface area (Å²) in [5.74, 6) is 1.61. The van der Waals surface area contributed by atoms with Crippen molar-refractivity contribution in [2.24, 2.45) is 5.92 Å². The number of carbonyl (C=O) groups excluding carboxylic acids is 1. The van der Waals surface area contributed by atoms with Crippen molar-refractivity contribution in [3.8, 4) is 11.5 Å². The van der Waals surface area contributed by atoms with Gasteiger partial charge in [0.05, 0.1) is 0 Å². The van der Waals surface area contributed by atoms with E-state index >= 15 is 0 Å². The van der Waals surface area contributed by atoms with E-state index in [1.54, 1.807) is 18.2 Å². The lowest BCUT2D eigenvalue weighted by molar-refractivity contribution is 0.0926. The molecule has 1 N–H and O–H groups in total. The molecule has 0 spiro atoms. The number of hydrogen-bond acceptors (Lipinski definition) is 6. The second kappa shape index (κ2) is 8.16. The topological polar surface area (TPSA) is 66.9 Å². The van der Waals surface area contributed by atoms with Crippen LogP contribution in [0.4, 0.5) is 0 Å². The monoisotopic (exact) mass is 382 g/mol. The van der Waals surface area contributed by atoms with Crippen LogP contribution in [0.5, 0.6) is 11.5 Å². The van der Waals surface area contributed by atoms with E-state index in [1.165, 1.54) is 5.56 Å². The third-order valence-electron chi connectivity index (χ3n) is 5.22. The molecule has 0 unspecified atom stereocenters. The van der Waals surface area contributed by atoms with Crippen molar-refractivity contribution >= 4 is 5.91 Å². The molecule has 2 aromatic rings. The number of benzene rings is 1. The number of carbonyl (C=O) groups is 1. The van der Waals surface area contributed by atoms with Crippen molar-refractivity contribution in [3.05, 3.63) is 53.9 Å². The standard InChI is InChI=1S/C21H26N4O3/c1-24(2)11-17-12-25(10-15-5-7-22-8-6-15)13-18(17)23-21(26)16-3-4-19-20(9-16)28-14-27-19/h3-9,17-18H,10-14H2,1-2H3,(H,23,26)/t17-,18-/m1/s1. The molecule has 7 heteroatoms. The summed E-state index contributed by atoms with van der Waals surface area (Å²) >= 11 is 0. The summed E-state index contributed by atoms with van der Waals surface area (Å²) in [6.45, 7) is 3.78. The Morgan fingerprint density at radius 1 is 1.18 bits per heavy atom. The number of pyridine rings is 1. The van der Waals surface area contributed by atoms with Gasteiger partial charge in [-0.2, -0.15) is 0 Å². The summed E-state index contributed by atoms with van der Waals surface area (Å²) in [5.41, 5.74) is 1.83. The van der Waals surface area contributed by atoms with Gasteiger partial charge in [-0.15, -0.1) is 0 Å². The quantitative estimate of drug-likeness (QED) is 0.819. The third-order valence-corrected chi connectivity index (χ3v) is 5.22. The fourth-order valence-corrected chi connectivity index (χ4v) is 3.94. The minimum atomic E-state index is -0.0715. The van der Waals surface area contributed by atoms with Crippen LogP contribution in [0.2, 0.25) is 0 Å². The lowest BCUT2D eigenvalue weighted by atomic mass is 10.0. The highest BCUT2D eigenvalue weighted by Crippen LogP contribution is 2.32. The van der Waals surface area contributed by atoms with Crippen LogP contribution in [0.1, 0.15) is 15.9 Å². The summed E-state index contributed by atoms with van der Waals surface area (Å²) in [5, 5.41) is 3.24. The molecular formula is C21H26N4O3. The normalized spacial score (nSPS) is 21.2. The Balaban J connectivity index is 1.44. The second-order valence-electron chi connectivity index (χ2n) is 7.72. The molecule has 0 saturated carbocycles. The Labute approximate surface area is 165 Å². The van der Waals surface area contributed by atoms with E-state index in [0.717, 1.165) is 26.2 Å². The predicted molar refractivity (Wildman–Crippen MR) is 105 cm³/mol. The smallest absolute Gasteiger partial charge is 0.251 e. The Kier molecular flexibility index (Phi) is 5.45. The Morgan fingerprint density at radius 3 is 2.75 bits per heavy atom. The van der Waals surface area contributed by atoms with Crippen molar-refractivity contribution in [1.29, 1.82) is 0 Å². The number of likely N-dealkylation sites (tertiary alicyclic amines) is 1. The highest BCUT2D eigenvalue weighted by molar-refractivity contribution is 5.95. The van der Waals surface area contributed by atoms with Gasteiger partial charge in [-0.05, 0) is 50.0 Å². The van der Waals surface area contributed by atoms with Gasteiger partial charge in [0.1, 0.15) is 0 Å². The van der Waals surface area contributed by atoms with Crippen molar-refractivity contribution in [1.82, 2.24) is 20.1 Å². The molecule has 0 bridgehead atoms. The molecule has 4 rings (SSSR count). The molecule has 1 aromatic carbocycles. The van der Waals surface area contributed by atoms with E-state index in [0.29, 0.717) is 23.0 Å². The molecule has 7 nitrogen and oxygen atoms in total. The zero-order chi connectivity index (χ0) is 19.5. The number of fused-ring (bicyclic) bond motifs is 1. The zero-order valence-electron chi connectivity index (χ0n) is 16.3. The van der Waals surface area contributed by atoms with Gasteiger partial charge in [0.2, 0.25) is 6.79 Å². The maximum Gasteiger partial charge on any atom is 0.251 e. The number of nitrogens with one attached hydrogen (secondary N) is 1. The first-order valence-electron chi connectivity index (χ1n) is 9.55. The van der Waals surface area contributed by atoms with Gasteiger partial charge in [0.15, 0.2) is 11.5 Å². The molecular weight excluding hydrogens is 356 g/mol. The van der Waals surface area contributed by atoms with Crippen LogP contribution in [0, 0.1) is 5.92 Å². The number of nitrogens with zero attached hydrogens (tertiary/aromatic N) is 3. The fourth-order valence-electron chi connectivity index (χ4n) is 3.94. The van der Waals surface area contributed by atoms with Crippen LogP contribution >= 0.6 is 0 Å². The lowest BCUT2D eigenvalue weighted by Gasteiger charge is -2.23. The van der Waals surface area contributed by atoms with Crippen molar-refractivity contribution in [3.63, 3.8) is 0 Å². The summed E-state index contributed by atoms with van der Waals surface area (Å²) < 4.78 is 10.7. The number of amides is 1. The molecule has 1 fully saturated rings. The van der Waals surface area contributed by atoms with Crippen LogP contribution in [0.25, 0.3) is 0 Å². The average Bonchev–Trinajstić information content (AvgIpc) is 3.28. The molecule has 1 amide bonds. The molecule has 0 radical (unpaired) electrons. The zero-order valence-corrected chi connectivity index (χ0v) is 16.3. The fraction of sp³-hybridized carbons (Fsp3) is 0.429. The first-order valence-corrected chi connectivity index (χ1v) is 9.55. The maximum atomic E-state index is 12.8. The molecule has 148 valence electrons. The molecule has 28 heavy (non-hydrogen) atoms. The third kappa shape index (κ3) is 4.26. The summed E-state index contributed by atoms with van der Waals surface area (Å²) in [6.07, 6.45) is 3.64. The lowest BCUT2D eigenvalue weighted by Crippen LogP contribution is -2.43. The van der Waals surface area contributed by atoms with Crippen molar-refractivity contribution < 1.29 is 14.3 Å². The average molecular weight is 382 g/mol. The van der Waals surface area contributed by atoms with Crippen LogP contribution in [-0.2, 0) is 6.54 Å². The minimum Gasteiger partial charge on any atom is -0.454 e. The van der Waals surface area contributed by atoms with Crippen LogP contribution in [0.3, 0.4) is 0 Å². The second-order valence-corrected chi connectivity index (χ2v) is 7.72. The summed E-state index contributed by atoms with van der Waals surface area (Å²) in [4.78, 5) is 21.5. The van der Waals surface area contributed by atoms with Gasteiger partial charge in [-0.1, -0.05) is 0 Å². The van der Waals surface area contributed by atoms with Gasteiger partial charge < -0.3 is 19.7 Å². The Morgan fingerprint density at radius 2 is 1.96 bits per heavy atom. The Hall–Kier alpha value is -2.64. The first-order chi connectivity index (χ1) is 13.6. The largest absolute Gasteiger partial charge is 0.454 e. The molecule has 2 aliphatic heterocycles. The van der Waals surface area contributed by atoms with E-state index < -0.39 is 0 Å². The Bertz CT molecular complexity index is 828. The van der Waals surface area contributed by atoms with E-state index in [2.05, 4.69) is 34.2 Å². The van der Waals surface area contributed by atoms with Crippen LogP contribution < -0.4 is 14.8 Å². The van der Waals surface area contributed by atoms with Crippen molar-refractivity contribution in [2.75, 3.05) is 40.5 Å². The van der Waals surface area contributed by atoms with E-state index in [-0.39, 0.29) is 18.7 Å². The van der Waals surface area contributed by atoms with Crippen LogP contribution in [0.15, 0.2) is 42.7 Å². The SMILES string of the molecule is CN(C)C[C@@H]1CN(Cc2ccncc2)C[C@H]1NC(=O)c1ccc2c(c1)OCO2. The van der Waals surface area contributed by atoms with E-state index in [4.69, 9.17) is 9.47 Å². The van der Waals surface area contributed by atoms with E-state index in [9.17, 15) is 4.79 Å². The van der Waals surface area contributed by atoms with Gasteiger partial charge in [0, 0.05) is 56.1 Å². The van der Waals surface area contributed by atoms with Gasteiger partial charge in [-0.3, -0.25) is 14.7 Å². The van der Waals surface area contributed by atoms with Crippen LogP contribution in [-0.4, -0.2) is 67.3 Å². The first kappa shape index (κ1) is 18.7. The molecule has 1 aromatic heterocycles. The predicted octanol–water partition coefficient (Wildman–Crippen LogP) is 1.60. The molecule has 3 heterocycles. The van der Waals surface area contributed by atoms with Crippen molar-refractivity contribution in [2.45, 2.75) is 12.6 Å². The number of hydrogen-bond donors (Lipinski definition) is 1. The minimum absolute atomic E-state index is 0.0715. The maximum absolute atomic E-state index is 12.8. The van der Waals surface area contributed by atoms with Gasteiger partial charge >= 0.3 is 0 Å². The van der Waals surface area contributed by atoms with Gasteiger partial charge in [-0.25, -0.2) is 0 Å².